The molecule has 7 heteroatoms. The molecule has 1 aliphatic rings. The highest BCUT2D eigenvalue weighted by molar-refractivity contribution is 5.80. The van der Waals surface area contributed by atoms with Gasteiger partial charge in [0.15, 0.2) is 0 Å². The van der Waals surface area contributed by atoms with Gasteiger partial charge in [-0.05, 0) is 74.1 Å². The van der Waals surface area contributed by atoms with Crippen LogP contribution < -0.4 is 4.74 Å². The maximum Gasteiger partial charge on any atom is 0.306 e. The van der Waals surface area contributed by atoms with Crippen LogP contribution in [0.1, 0.15) is 31.2 Å². The van der Waals surface area contributed by atoms with Crippen molar-refractivity contribution in [1.82, 2.24) is 15.0 Å². The predicted octanol–water partition coefficient (Wildman–Crippen LogP) is 5.76. The molecule has 0 atom stereocenters. The quantitative estimate of drug-likeness (QED) is 0.408. The summed E-state index contributed by atoms with van der Waals surface area (Å²) in [7, 11) is 0. The first-order valence-electron chi connectivity index (χ1n) is 11.1. The molecule has 2 N–H and O–H groups in total. The summed E-state index contributed by atoms with van der Waals surface area (Å²) in [4.78, 5) is 23.2. The minimum absolute atomic E-state index is 0.0247. The number of aryl methyl sites for hydroxylation is 1. The van der Waals surface area contributed by atoms with E-state index in [2.05, 4.69) is 15.0 Å². The number of nitrogens with one attached hydrogen (secondary N) is 1. The number of halogens is 1. The van der Waals surface area contributed by atoms with Gasteiger partial charge in [0.05, 0.1) is 22.5 Å². The summed E-state index contributed by atoms with van der Waals surface area (Å²) < 4.78 is 20.9. The molecule has 6 nitrogen and oxygen atoms in total. The standard InChI is InChI=1S/C26H24FN3O3/c1-15-2-10-22-23(12-15)30-25(29-22)20-9-5-17(13-21(20)27)18-6-11-24(28-14-18)33-19-7-3-16(4-8-19)26(31)32/h2,5-6,9-14,16,19H,3-4,7-8H2,1H3,(H,29,30)(H,31,32). The number of pyridine rings is 1. The summed E-state index contributed by atoms with van der Waals surface area (Å²) in [5, 5.41) is 9.11. The number of H-pyrrole nitrogens is 1. The zero-order valence-electron chi connectivity index (χ0n) is 18.2. The van der Waals surface area contributed by atoms with E-state index in [1.165, 1.54) is 6.07 Å². The topological polar surface area (TPSA) is 88.1 Å². The van der Waals surface area contributed by atoms with Crippen LogP contribution in [0.3, 0.4) is 0 Å². The summed E-state index contributed by atoms with van der Waals surface area (Å²) in [6, 6.07) is 14.6. The second-order valence-electron chi connectivity index (χ2n) is 8.62. The molecule has 5 rings (SSSR count). The minimum Gasteiger partial charge on any atom is -0.481 e. The Morgan fingerprint density at radius 3 is 2.55 bits per heavy atom. The first-order chi connectivity index (χ1) is 16.0. The highest BCUT2D eigenvalue weighted by Gasteiger charge is 2.27. The number of aliphatic carboxylic acids is 1. The molecule has 0 radical (unpaired) electrons. The Morgan fingerprint density at radius 2 is 1.85 bits per heavy atom. The van der Waals surface area contributed by atoms with Crippen LogP contribution in [-0.2, 0) is 4.79 Å². The lowest BCUT2D eigenvalue weighted by atomic mass is 9.87. The molecule has 4 aromatic rings. The Hall–Kier alpha value is -3.74. The molecule has 0 bridgehead atoms. The number of ether oxygens (including phenoxy) is 1. The van der Waals surface area contributed by atoms with E-state index in [-0.39, 0.29) is 17.8 Å². The summed E-state index contributed by atoms with van der Waals surface area (Å²) in [5.74, 6) is -0.378. The van der Waals surface area contributed by atoms with Crippen LogP contribution in [-0.4, -0.2) is 32.1 Å². The van der Waals surface area contributed by atoms with Gasteiger partial charge in [0.25, 0.3) is 0 Å². The van der Waals surface area contributed by atoms with Crippen LogP contribution in [0.5, 0.6) is 5.88 Å². The van der Waals surface area contributed by atoms with Crippen LogP contribution in [0.4, 0.5) is 4.39 Å². The number of benzene rings is 2. The fourth-order valence-corrected chi connectivity index (χ4v) is 4.36. The number of imidazole rings is 1. The van der Waals surface area contributed by atoms with Crippen molar-refractivity contribution in [2.75, 3.05) is 0 Å². The fraction of sp³-hybridized carbons (Fsp3) is 0.269. The van der Waals surface area contributed by atoms with Crippen LogP contribution in [0, 0.1) is 18.7 Å². The lowest BCUT2D eigenvalue weighted by Gasteiger charge is -2.26. The number of carboxylic acid groups (broad SMARTS) is 1. The van der Waals surface area contributed by atoms with E-state index in [1.54, 1.807) is 18.3 Å². The molecule has 2 aromatic heterocycles. The van der Waals surface area contributed by atoms with Crippen molar-refractivity contribution in [3.8, 4) is 28.4 Å². The maximum absolute atomic E-state index is 15.0. The van der Waals surface area contributed by atoms with Gasteiger partial charge in [0.2, 0.25) is 5.88 Å². The number of hydrogen-bond donors (Lipinski definition) is 2. The Bertz CT molecular complexity index is 1310. The second-order valence-corrected chi connectivity index (χ2v) is 8.62. The highest BCUT2D eigenvalue weighted by atomic mass is 19.1. The molecule has 0 unspecified atom stereocenters. The second kappa shape index (κ2) is 8.65. The molecular formula is C26H24FN3O3. The molecule has 2 aromatic carbocycles. The van der Waals surface area contributed by atoms with Crippen LogP contribution in [0.15, 0.2) is 54.7 Å². The molecular weight excluding hydrogens is 421 g/mol. The minimum atomic E-state index is -0.732. The van der Waals surface area contributed by atoms with Gasteiger partial charge in [-0.1, -0.05) is 12.1 Å². The third-order valence-electron chi connectivity index (χ3n) is 6.24. The van der Waals surface area contributed by atoms with Gasteiger partial charge in [-0.15, -0.1) is 0 Å². The Kier molecular flexibility index (Phi) is 5.54. The van der Waals surface area contributed by atoms with Crippen LogP contribution in [0.25, 0.3) is 33.5 Å². The van der Waals surface area contributed by atoms with Crippen molar-refractivity contribution in [1.29, 1.82) is 0 Å². The van der Waals surface area contributed by atoms with Gasteiger partial charge in [0, 0.05) is 17.8 Å². The van der Waals surface area contributed by atoms with Crippen molar-refractivity contribution < 1.29 is 19.0 Å². The van der Waals surface area contributed by atoms with Crippen molar-refractivity contribution in [2.24, 2.45) is 5.92 Å². The van der Waals surface area contributed by atoms with Crippen molar-refractivity contribution in [2.45, 2.75) is 38.7 Å². The monoisotopic (exact) mass is 445 g/mol. The summed E-state index contributed by atoms with van der Waals surface area (Å²) >= 11 is 0. The molecule has 1 saturated carbocycles. The van der Waals surface area contributed by atoms with Gasteiger partial charge in [-0.2, -0.15) is 0 Å². The molecule has 1 aliphatic carbocycles. The fourth-order valence-electron chi connectivity index (χ4n) is 4.36. The third-order valence-corrected chi connectivity index (χ3v) is 6.24. The summed E-state index contributed by atoms with van der Waals surface area (Å²) in [6.45, 7) is 2.00. The van der Waals surface area contributed by atoms with Gasteiger partial charge < -0.3 is 14.8 Å². The zero-order valence-corrected chi connectivity index (χ0v) is 18.2. The first kappa shape index (κ1) is 21.1. The van der Waals surface area contributed by atoms with E-state index in [9.17, 15) is 9.18 Å². The van der Waals surface area contributed by atoms with Crippen molar-refractivity contribution in [3.63, 3.8) is 0 Å². The SMILES string of the molecule is Cc1ccc2nc(-c3ccc(-c4ccc(OC5CCC(C(=O)O)CC5)nc4)cc3F)[nH]c2c1. The molecule has 0 saturated heterocycles. The molecule has 0 amide bonds. The van der Waals surface area contributed by atoms with Gasteiger partial charge >= 0.3 is 5.97 Å². The number of rotatable bonds is 5. The van der Waals surface area contributed by atoms with E-state index in [1.807, 2.05) is 37.3 Å². The lowest BCUT2D eigenvalue weighted by Crippen LogP contribution is -2.28. The molecule has 168 valence electrons. The van der Waals surface area contributed by atoms with E-state index in [0.717, 1.165) is 22.2 Å². The summed E-state index contributed by atoms with van der Waals surface area (Å²) in [5.41, 5.74) is 4.70. The van der Waals surface area contributed by atoms with Crippen LogP contribution >= 0.6 is 0 Å². The number of aromatic amines is 1. The normalized spacial score (nSPS) is 18.4. The number of carboxylic acids is 1. The lowest BCUT2D eigenvalue weighted by molar-refractivity contribution is -0.143. The van der Waals surface area contributed by atoms with E-state index >= 15 is 0 Å². The smallest absolute Gasteiger partial charge is 0.306 e. The van der Waals surface area contributed by atoms with Crippen LogP contribution in [0.2, 0.25) is 0 Å². The van der Waals surface area contributed by atoms with E-state index < -0.39 is 5.97 Å². The average Bonchev–Trinajstić information content (AvgIpc) is 3.22. The zero-order chi connectivity index (χ0) is 22.9. The number of aromatic nitrogens is 3. The van der Waals surface area contributed by atoms with Crippen molar-refractivity contribution in [3.05, 3.63) is 66.1 Å². The average molecular weight is 445 g/mol. The maximum atomic E-state index is 15.0. The Labute approximate surface area is 190 Å². The number of fused-ring (bicyclic) bond motifs is 1. The van der Waals surface area contributed by atoms with Gasteiger partial charge in [-0.25, -0.2) is 14.4 Å². The molecule has 0 aliphatic heterocycles. The molecule has 2 heterocycles. The molecule has 1 fully saturated rings. The number of carbonyl (C=O) groups is 1. The third kappa shape index (κ3) is 4.44. The summed E-state index contributed by atoms with van der Waals surface area (Å²) in [6.07, 6.45) is 4.28. The largest absolute Gasteiger partial charge is 0.481 e. The Morgan fingerprint density at radius 1 is 1.06 bits per heavy atom. The molecule has 0 spiro atoms. The first-order valence-corrected chi connectivity index (χ1v) is 11.1. The highest BCUT2D eigenvalue weighted by Crippen LogP contribution is 2.30. The van der Waals surface area contributed by atoms with E-state index in [4.69, 9.17) is 9.84 Å². The van der Waals surface area contributed by atoms with Gasteiger partial charge in [-0.3, -0.25) is 4.79 Å². The molecule has 33 heavy (non-hydrogen) atoms. The predicted molar refractivity (Wildman–Crippen MR) is 123 cm³/mol. The van der Waals surface area contributed by atoms with Crippen molar-refractivity contribution >= 4 is 17.0 Å². The Balaban J connectivity index is 1.29. The van der Waals surface area contributed by atoms with E-state index in [0.29, 0.717) is 48.5 Å². The van der Waals surface area contributed by atoms with Gasteiger partial charge in [0.1, 0.15) is 17.7 Å². The number of nitrogens with zero attached hydrogens (tertiary/aromatic N) is 2. The number of hydrogen-bond acceptors (Lipinski definition) is 4.